The second kappa shape index (κ2) is 4.37. The van der Waals surface area contributed by atoms with Crippen LogP contribution in [0.4, 0.5) is 0 Å². The first kappa shape index (κ1) is 10.2. The molecule has 0 fully saturated rings. The molecule has 1 rings (SSSR count). The van der Waals surface area contributed by atoms with Crippen molar-refractivity contribution in [1.82, 2.24) is 4.98 Å². The number of carboxylic acids is 1. The van der Waals surface area contributed by atoms with Crippen LogP contribution in [0, 0.1) is 11.8 Å². The summed E-state index contributed by atoms with van der Waals surface area (Å²) >= 11 is 1.58. The van der Waals surface area contributed by atoms with E-state index in [1.54, 1.807) is 24.5 Å². The summed E-state index contributed by atoms with van der Waals surface area (Å²) in [7, 11) is 0. The van der Waals surface area contributed by atoms with Gasteiger partial charge >= 0.3 is 5.97 Å². The Morgan fingerprint density at radius 1 is 1.69 bits per heavy atom. The summed E-state index contributed by atoms with van der Waals surface area (Å²) in [6, 6.07) is 0. The number of rotatable bonds is 4. The first-order valence-electron chi connectivity index (χ1n) is 4.22. The Balaban J connectivity index is 2.50. The lowest BCUT2D eigenvalue weighted by molar-refractivity contribution is -0.142. The van der Waals surface area contributed by atoms with E-state index in [0.29, 0.717) is 0 Å². The average molecular weight is 199 g/mol. The molecule has 2 unspecified atom stereocenters. The van der Waals surface area contributed by atoms with Crippen molar-refractivity contribution >= 4 is 17.3 Å². The van der Waals surface area contributed by atoms with Crippen molar-refractivity contribution in [3.63, 3.8) is 0 Å². The fourth-order valence-electron chi connectivity index (χ4n) is 1.05. The first-order valence-corrected chi connectivity index (χ1v) is 5.10. The number of aromatic nitrogens is 1. The predicted molar refractivity (Wildman–Crippen MR) is 51.8 cm³/mol. The van der Waals surface area contributed by atoms with Gasteiger partial charge in [-0.15, -0.1) is 11.3 Å². The van der Waals surface area contributed by atoms with E-state index in [-0.39, 0.29) is 11.8 Å². The number of aliphatic carboxylic acids is 1. The van der Waals surface area contributed by atoms with Crippen LogP contribution in [0.15, 0.2) is 11.6 Å². The lowest BCUT2D eigenvalue weighted by Crippen LogP contribution is -2.19. The topological polar surface area (TPSA) is 50.2 Å². The highest BCUT2D eigenvalue weighted by atomic mass is 32.1. The molecule has 0 bridgehead atoms. The molecule has 3 nitrogen and oxygen atoms in total. The molecular weight excluding hydrogens is 186 g/mol. The monoisotopic (exact) mass is 199 g/mol. The van der Waals surface area contributed by atoms with Gasteiger partial charge in [0.15, 0.2) is 0 Å². The van der Waals surface area contributed by atoms with Gasteiger partial charge in [0, 0.05) is 18.0 Å². The number of nitrogens with zero attached hydrogens (tertiary/aromatic N) is 1. The second-order valence-corrected chi connectivity index (χ2v) is 4.21. The van der Waals surface area contributed by atoms with E-state index in [1.807, 2.05) is 12.3 Å². The summed E-state index contributed by atoms with van der Waals surface area (Å²) in [5.74, 6) is -0.892. The summed E-state index contributed by atoms with van der Waals surface area (Å²) < 4.78 is 0. The molecule has 0 saturated carbocycles. The molecule has 0 aromatic carbocycles. The third-order valence-electron chi connectivity index (χ3n) is 2.22. The SMILES string of the molecule is CC(Cc1nccs1)C(C)C(=O)O. The first-order chi connectivity index (χ1) is 6.11. The zero-order valence-corrected chi connectivity index (χ0v) is 8.54. The molecule has 13 heavy (non-hydrogen) atoms. The Bertz CT molecular complexity index is 271. The van der Waals surface area contributed by atoms with Gasteiger partial charge < -0.3 is 5.11 Å². The molecule has 0 spiro atoms. The van der Waals surface area contributed by atoms with Gasteiger partial charge in [0.2, 0.25) is 0 Å². The minimum atomic E-state index is -0.732. The molecule has 0 radical (unpaired) electrons. The van der Waals surface area contributed by atoms with E-state index in [2.05, 4.69) is 4.98 Å². The lowest BCUT2D eigenvalue weighted by atomic mass is 9.93. The zero-order chi connectivity index (χ0) is 9.84. The molecular formula is C9H13NO2S. The van der Waals surface area contributed by atoms with Crippen LogP contribution in [-0.4, -0.2) is 16.1 Å². The normalized spacial score (nSPS) is 15.2. The van der Waals surface area contributed by atoms with Crippen molar-refractivity contribution < 1.29 is 9.90 Å². The minimum absolute atomic E-state index is 0.142. The highest BCUT2D eigenvalue weighted by molar-refractivity contribution is 7.09. The fraction of sp³-hybridized carbons (Fsp3) is 0.556. The molecule has 0 aliphatic rings. The van der Waals surface area contributed by atoms with Crippen molar-refractivity contribution in [2.45, 2.75) is 20.3 Å². The van der Waals surface area contributed by atoms with Crippen LogP contribution < -0.4 is 0 Å². The van der Waals surface area contributed by atoms with Crippen molar-refractivity contribution in [2.75, 3.05) is 0 Å². The standard InChI is InChI=1S/C9H13NO2S/c1-6(7(2)9(11)12)5-8-10-3-4-13-8/h3-4,6-7H,5H2,1-2H3,(H,11,12). The van der Waals surface area contributed by atoms with E-state index >= 15 is 0 Å². The van der Waals surface area contributed by atoms with Gasteiger partial charge in [-0.1, -0.05) is 13.8 Å². The highest BCUT2D eigenvalue weighted by Crippen LogP contribution is 2.18. The van der Waals surface area contributed by atoms with Crippen LogP contribution in [0.5, 0.6) is 0 Å². The molecule has 72 valence electrons. The molecule has 0 saturated heterocycles. The predicted octanol–water partition coefficient (Wildman–Crippen LogP) is 2.04. The molecule has 1 aromatic rings. The summed E-state index contributed by atoms with van der Waals surface area (Å²) in [4.78, 5) is 14.8. The van der Waals surface area contributed by atoms with Gasteiger partial charge in [-0.3, -0.25) is 4.79 Å². The van der Waals surface area contributed by atoms with Gasteiger partial charge in [0.05, 0.1) is 10.9 Å². The maximum atomic E-state index is 10.7. The molecule has 1 heterocycles. The number of thiazole rings is 1. The van der Waals surface area contributed by atoms with Gasteiger partial charge in [0.1, 0.15) is 0 Å². The Morgan fingerprint density at radius 3 is 2.85 bits per heavy atom. The fourth-order valence-corrected chi connectivity index (χ4v) is 1.81. The van der Waals surface area contributed by atoms with Crippen LogP contribution in [0.25, 0.3) is 0 Å². The van der Waals surface area contributed by atoms with Crippen molar-refractivity contribution in [3.05, 3.63) is 16.6 Å². The molecule has 2 atom stereocenters. The average Bonchev–Trinajstić information content (AvgIpc) is 2.55. The molecule has 1 aromatic heterocycles. The smallest absolute Gasteiger partial charge is 0.306 e. The Kier molecular flexibility index (Phi) is 3.42. The number of hydrogen-bond donors (Lipinski definition) is 1. The van der Waals surface area contributed by atoms with E-state index in [9.17, 15) is 4.79 Å². The Hall–Kier alpha value is -0.900. The van der Waals surface area contributed by atoms with Crippen LogP contribution in [-0.2, 0) is 11.2 Å². The number of hydrogen-bond acceptors (Lipinski definition) is 3. The summed E-state index contributed by atoms with van der Waals surface area (Å²) in [5.41, 5.74) is 0. The highest BCUT2D eigenvalue weighted by Gasteiger charge is 2.20. The van der Waals surface area contributed by atoms with Gasteiger partial charge in [0.25, 0.3) is 0 Å². The zero-order valence-electron chi connectivity index (χ0n) is 7.73. The van der Waals surface area contributed by atoms with E-state index in [0.717, 1.165) is 11.4 Å². The van der Waals surface area contributed by atoms with Gasteiger partial charge in [-0.05, 0) is 5.92 Å². The van der Waals surface area contributed by atoms with Crippen molar-refractivity contribution in [3.8, 4) is 0 Å². The van der Waals surface area contributed by atoms with Crippen molar-refractivity contribution in [2.24, 2.45) is 11.8 Å². The summed E-state index contributed by atoms with van der Waals surface area (Å²) in [6.07, 6.45) is 2.50. The van der Waals surface area contributed by atoms with Crippen LogP contribution in [0.2, 0.25) is 0 Å². The molecule has 0 aliphatic carbocycles. The maximum Gasteiger partial charge on any atom is 0.306 e. The molecule has 0 aliphatic heterocycles. The minimum Gasteiger partial charge on any atom is -0.481 e. The van der Waals surface area contributed by atoms with E-state index in [1.165, 1.54) is 0 Å². The maximum absolute atomic E-state index is 10.7. The Morgan fingerprint density at radius 2 is 2.38 bits per heavy atom. The molecule has 4 heteroatoms. The Labute approximate surface area is 81.4 Å². The summed E-state index contributed by atoms with van der Waals surface area (Å²) in [5, 5.41) is 11.7. The van der Waals surface area contributed by atoms with Crippen molar-refractivity contribution in [1.29, 1.82) is 0 Å². The number of carboxylic acid groups (broad SMARTS) is 1. The van der Waals surface area contributed by atoms with Gasteiger partial charge in [-0.2, -0.15) is 0 Å². The van der Waals surface area contributed by atoms with E-state index in [4.69, 9.17) is 5.11 Å². The quantitative estimate of drug-likeness (QED) is 0.807. The third-order valence-corrected chi connectivity index (χ3v) is 3.03. The third kappa shape index (κ3) is 2.81. The van der Waals surface area contributed by atoms with Crippen LogP contribution in [0.3, 0.4) is 0 Å². The summed E-state index contributed by atoms with van der Waals surface area (Å²) in [6.45, 7) is 3.68. The second-order valence-electron chi connectivity index (χ2n) is 3.23. The van der Waals surface area contributed by atoms with E-state index < -0.39 is 5.97 Å². The molecule has 0 amide bonds. The van der Waals surface area contributed by atoms with Gasteiger partial charge in [-0.25, -0.2) is 4.98 Å². The molecule has 1 N–H and O–H groups in total. The van der Waals surface area contributed by atoms with Crippen LogP contribution in [0.1, 0.15) is 18.9 Å². The van der Waals surface area contributed by atoms with Crippen LogP contribution >= 0.6 is 11.3 Å². The largest absolute Gasteiger partial charge is 0.481 e. The lowest BCUT2D eigenvalue weighted by Gasteiger charge is -2.13. The number of carbonyl (C=O) groups is 1.